The Bertz CT molecular complexity index is 476. The van der Waals surface area contributed by atoms with Gasteiger partial charge in [-0.2, -0.15) is 0 Å². The average molecular weight is 230 g/mol. The molecule has 4 heteroatoms. The highest BCUT2D eigenvalue weighted by Gasteiger charge is 2.04. The van der Waals surface area contributed by atoms with E-state index < -0.39 is 0 Å². The van der Waals surface area contributed by atoms with Gasteiger partial charge in [0.2, 0.25) is 5.95 Å². The van der Waals surface area contributed by atoms with Crippen molar-refractivity contribution in [2.24, 2.45) is 0 Å². The van der Waals surface area contributed by atoms with E-state index in [4.69, 9.17) is 0 Å². The van der Waals surface area contributed by atoms with E-state index >= 15 is 0 Å². The van der Waals surface area contributed by atoms with Gasteiger partial charge in [0.05, 0.1) is 11.4 Å². The van der Waals surface area contributed by atoms with Gasteiger partial charge in [-0.25, -0.2) is 4.98 Å². The van der Waals surface area contributed by atoms with Gasteiger partial charge in [-0.05, 0) is 25.5 Å². The number of nitrogens with zero attached hydrogens (tertiary/aromatic N) is 3. The van der Waals surface area contributed by atoms with E-state index in [1.165, 1.54) is 6.42 Å². The Kier molecular flexibility index (Phi) is 3.75. The summed E-state index contributed by atoms with van der Waals surface area (Å²) in [6.45, 7) is 5.18. The number of aryl methyl sites for hydroxylation is 2. The van der Waals surface area contributed by atoms with E-state index in [1.54, 1.807) is 6.20 Å². The minimum atomic E-state index is 0.884. The van der Waals surface area contributed by atoms with Gasteiger partial charge < -0.3 is 9.88 Å². The van der Waals surface area contributed by atoms with Crippen LogP contribution in [0.25, 0.3) is 0 Å². The molecule has 0 saturated heterocycles. The molecule has 1 N–H and O–H groups in total. The van der Waals surface area contributed by atoms with Crippen LogP contribution in [0, 0.1) is 6.92 Å². The zero-order chi connectivity index (χ0) is 12.1. The van der Waals surface area contributed by atoms with Gasteiger partial charge >= 0.3 is 0 Å². The number of hydrogen-bond donors (Lipinski definition) is 1. The fourth-order valence-corrected chi connectivity index (χ4v) is 1.68. The molecule has 0 unspecified atom stereocenters. The molecule has 0 aliphatic carbocycles. The van der Waals surface area contributed by atoms with Gasteiger partial charge in [0.15, 0.2) is 0 Å². The summed E-state index contributed by atoms with van der Waals surface area (Å²) in [5.41, 5.74) is 1.99. The summed E-state index contributed by atoms with van der Waals surface area (Å²) in [7, 11) is 0. The lowest BCUT2D eigenvalue weighted by Gasteiger charge is -2.10. The third kappa shape index (κ3) is 2.84. The molecule has 0 aliphatic rings. The lowest BCUT2D eigenvalue weighted by atomic mass is 10.3. The first-order valence-corrected chi connectivity index (χ1v) is 6.01. The number of anilines is 2. The summed E-state index contributed by atoms with van der Waals surface area (Å²) in [6, 6.07) is 3.94. The molecule has 2 aromatic rings. The van der Waals surface area contributed by atoms with E-state index in [0.717, 1.165) is 30.3 Å². The Labute approximate surface area is 102 Å². The molecule has 0 fully saturated rings. The standard InChI is InChI=1S/C13H18N4/c1-3-4-9-17-10-8-15-13(17)16-12-6-5-7-14-11(12)2/h5-8,10H,3-4,9H2,1-2H3,(H,15,16). The number of unbranched alkanes of at least 4 members (excludes halogenated alkanes) is 1. The first kappa shape index (κ1) is 11.6. The van der Waals surface area contributed by atoms with Crippen molar-refractivity contribution in [3.8, 4) is 0 Å². The normalized spacial score (nSPS) is 10.5. The maximum atomic E-state index is 4.33. The van der Waals surface area contributed by atoms with Gasteiger partial charge in [-0.1, -0.05) is 13.3 Å². The van der Waals surface area contributed by atoms with E-state index in [-0.39, 0.29) is 0 Å². The van der Waals surface area contributed by atoms with E-state index in [2.05, 4.69) is 26.8 Å². The van der Waals surface area contributed by atoms with Crippen LogP contribution < -0.4 is 5.32 Å². The van der Waals surface area contributed by atoms with Crippen LogP contribution >= 0.6 is 0 Å². The maximum Gasteiger partial charge on any atom is 0.207 e. The number of pyridine rings is 1. The SMILES string of the molecule is CCCCn1ccnc1Nc1cccnc1C. The largest absolute Gasteiger partial charge is 0.324 e. The summed E-state index contributed by atoms with van der Waals surface area (Å²) < 4.78 is 2.13. The van der Waals surface area contributed by atoms with Crippen molar-refractivity contribution in [3.05, 3.63) is 36.4 Å². The molecule has 90 valence electrons. The van der Waals surface area contributed by atoms with Crippen LogP contribution in [-0.2, 0) is 6.54 Å². The lowest BCUT2D eigenvalue weighted by Crippen LogP contribution is -2.04. The summed E-state index contributed by atoms with van der Waals surface area (Å²) in [5, 5.41) is 3.32. The number of hydrogen-bond acceptors (Lipinski definition) is 3. The van der Waals surface area contributed by atoms with Gasteiger partial charge in [0, 0.05) is 25.1 Å². The molecular formula is C13H18N4. The zero-order valence-electron chi connectivity index (χ0n) is 10.3. The summed E-state index contributed by atoms with van der Waals surface area (Å²) >= 11 is 0. The molecule has 0 radical (unpaired) electrons. The quantitative estimate of drug-likeness (QED) is 0.858. The van der Waals surface area contributed by atoms with Crippen LogP contribution in [0.1, 0.15) is 25.5 Å². The van der Waals surface area contributed by atoms with Crippen LogP contribution in [0.3, 0.4) is 0 Å². The minimum Gasteiger partial charge on any atom is -0.324 e. The first-order chi connectivity index (χ1) is 8.31. The predicted octanol–water partition coefficient (Wildman–Crippen LogP) is 3.13. The highest BCUT2D eigenvalue weighted by Crippen LogP contribution is 2.17. The van der Waals surface area contributed by atoms with Crippen molar-refractivity contribution in [3.63, 3.8) is 0 Å². The second kappa shape index (κ2) is 5.48. The minimum absolute atomic E-state index is 0.884. The fourth-order valence-electron chi connectivity index (χ4n) is 1.68. The molecule has 0 amide bonds. The number of aromatic nitrogens is 3. The van der Waals surface area contributed by atoms with Crippen molar-refractivity contribution in [2.75, 3.05) is 5.32 Å². The van der Waals surface area contributed by atoms with Gasteiger partial charge in [0.1, 0.15) is 0 Å². The van der Waals surface area contributed by atoms with Crippen molar-refractivity contribution < 1.29 is 0 Å². The highest BCUT2D eigenvalue weighted by molar-refractivity contribution is 5.55. The average Bonchev–Trinajstić information content (AvgIpc) is 2.77. The Morgan fingerprint density at radius 1 is 1.29 bits per heavy atom. The molecular weight excluding hydrogens is 212 g/mol. The number of imidazole rings is 1. The predicted molar refractivity (Wildman–Crippen MR) is 69.4 cm³/mol. The fraction of sp³-hybridized carbons (Fsp3) is 0.385. The van der Waals surface area contributed by atoms with E-state index in [9.17, 15) is 0 Å². The molecule has 0 bridgehead atoms. The van der Waals surface area contributed by atoms with Crippen LogP contribution in [0.4, 0.5) is 11.6 Å². The third-order valence-electron chi connectivity index (χ3n) is 2.72. The second-order valence-electron chi connectivity index (χ2n) is 4.06. The van der Waals surface area contributed by atoms with Gasteiger partial charge in [-0.15, -0.1) is 0 Å². The van der Waals surface area contributed by atoms with Gasteiger partial charge in [-0.3, -0.25) is 4.98 Å². The third-order valence-corrected chi connectivity index (χ3v) is 2.72. The van der Waals surface area contributed by atoms with Crippen molar-refractivity contribution >= 4 is 11.6 Å². The Morgan fingerprint density at radius 3 is 2.94 bits per heavy atom. The Hall–Kier alpha value is -1.84. The molecule has 0 atom stereocenters. The molecule has 2 aromatic heterocycles. The monoisotopic (exact) mass is 230 g/mol. The molecule has 0 aliphatic heterocycles. The summed E-state index contributed by atoms with van der Waals surface area (Å²) in [5.74, 6) is 0.884. The lowest BCUT2D eigenvalue weighted by molar-refractivity contribution is 0.638. The van der Waals surface area contributed by atoms with Crippen molar-refractivity contribution in [1.82, 2.24) is 14.5 Å². The molecule has 17 heavy (non-hydrogen) atoms. The van der Waals surface area contributed by atoms with Crippen molar-refractivity contribution in [2.45, 2.75) is 33.2 Å². The maximum absolute atomic E-state index is 4.33. The highest BCUT2D eigenvalue weighted by atomic mass is 15.2. The van der Waals surface area contributed by atoms with Crippen molar-refractivity contribution in [1.29, 1.82) is 0 Å². The van der Waals surface area contributed by atoms with Crippen LogP contribution in [0.2, 0.25) is 0 Å². The first-order valence-electron chi connectivity index (χ1n) is 6.01. The summed E-state index contributed by atoms with van der Waals surface area (Å²) in [6.07, 6.45) is 7.97. The molecule has 0 saturated carbocycles. The molecule has 0 aromatic carbocycles. The Balaban J connectivity index is 2.13. The Morgan fingerprint density at radius 2 is 2.18 bits per heavy atom. The van der Waals surface area contributed by atoms with Crippen LogP contribution in [0.15, 0.2) is 30.7 Å². The summed E-state index contributed by atoms with van der Waals surface area (Å²) in [4.78, 5) is 8.58. The molecule has 0 spiro atoms. The zero-order valence-corrected chi connectivity index (χ0v) is 10.3. The van der Waals surface area contributed by atoms with Crippen LogP contribution in [-0.4, -0.2) is 14.5 Å². The van der Waals surface area contributed by atoms with E-state index in [1.807, 2.05) is 31.5 Å². The van der Waals surface area contributed by atoms with Gasteiger partial charge in [0.25, 0.3) is 0 Å². The number of nitrogens with one attached hydrogen (secondary N) is 1. The van der Waals surface area contributed by atoms with Crippen LogP contribution in [0.5, 0.6) is 0 Å². The number of rotatable bonds is 5. The van der Waals surface area contributed by atoms with E-state index in [0.29, 0.717) is 0 Å². The molecule has 4 nitrogen and oxygen atoms in total. The smallest absolute Gasteiger partial charge is 0.207 e. The molecule has 2 rings (SSSR count). The second-order valence-corrected chi connectivity index (χ2v) is 4.06. The topological polar surface area (TPSA) is 42.7 Å². The molecule has 2 heterocycles.